The zero-order valence-corrected chi connectivity index (χ0v) is 10.5. The molecule has 0 aromatic heterocycles. The normalized spacial score (nSPS) is 14.0. The van der Waals surface area contributed by atoms with Crippen molar-refractivity contribution >= 4 is 17.3 Å². The number of aliphatic hydroxyl groups excluding tert-OH is 2. The molecule has 0 fully saturated rings. The first-order chi connectivity index (χ1) is 8.51. The summed E-state index contributed by atoms with van der Waals surface area (Å²) < 4.78 is 4.94. The van der Waals surface area contributed by atoms with Gasteiger partial charge < -0.3 is 14.9 Å². The van der Waals surface area contributed by atoms with E-state index in [1.807, 2.05) is 0 Å². The maximum atomic E-state index is 10.9. The Labute approximate surface area is 109 Å². The van der Waals surface area contributed by atoms with Crippen molar-refractivity contribution in [3.63, 3.8) is 0 Å². The second-order valence-corrected chi connectivity index (χ2v) is 4.05. The summed E-state index contributed by atoms with van der Waals surface area (Å²) in [5.74, 6) is 0.517. The fraction of sp³-hybridized carbons (Fsp3) is 0.455. The van der Waals surface area contributed by atoms with Crippen LogP contribution in [0.25, 0.3) is 0 Å². The number of methoxy groups -OCH3 is 1. The van der Waals surface area contributed by atoms with Gasteiger partial charge in [-0.05, 0) is 18.6 Å². The molecule has 0 spiro atoms. The zero-order chi connectivity index (χ0) is 13.7. The quantitative estimate of drug-likeness (QED) is 0.467. The Morgan fingerprint density at radius 2 is 2.17 bits per heavy atom. The number of nitro groups is 1. The van der Waals surface area contributed by atoms with Gasteiger partial charge in [0.15, 0.2) is 0 Å². The van der Waals surface area contributed by atoms with Crippen molar-refractivity contribution in [1.29, 1.82) is 0 Å². The number of nitro benzene ring substituents is 1. The van der Waals surface area contributed by atoms with E-state index >= 15 is 0 Å². The summed E-state index contributed by atoms with van der Waals surface area (Å²) in [6, 6.07) is 3.98. The molecule has 0 aliphatic rings. The molecule has 2 N–H and O–H groups in total. The van der Waals surface area contributed by atoms with Gasteiger partial charge in [0, 0.05) is 11.9 Å². The lowest BCUT2D eigenvalue weighted by molar-refractivity contribution is -0.386. The third-order valence-corrected chi connectivity index (χ3v) is 2.74. The molecule has 2 unspecified atom stereocenters. The minimum absolute atomic E-state index is 0.0111. The third kappa shape index (κ3) is 3.32. The molecule has 1 aromatic carbocycles. The van der Waals surface area contributed by atoms with E-state index in [4.69, 9.17) is 16.3 Å². The molecule has 1 aromatic rings. The first kappa shape index (κ1) is 14.7. The van der Waals surface area contributed by atoms with Crippen LogP contribution in [0.3, 0.4) is 0 Å². The number of nitrogens with zero attached hydrogens (tertiary/aromatic N) is 1. The molecular weight excluding hydrogens is 262 g/mol. The molecule has 0 heterocycles. The summed E-state index contributed by atoms with van der Waals surface area (Å²) in [5, 5.41) is 30.4. The molecule has 0 amide bonds. The lowest BCUT2D eigenvalue weighted by Crippen LogP contribution is -2.19. The molecule has 6 nitrogen and oxygen atoms in total. The minimum Gasteiger partial charge on any atom is -0.497 e. The second kappa shape index (κ2) is 6.53. The van der Waals surface area contributed by atoms with Crippen molar-refractivity contribution < 1.29 is 19.9 Å². The lowest BCUT2D eigenvalue weighted by Gasteiger charge is -2.17. The number of rotatable bonds is 6. The molecule has 0 radical (unpaired) electrons. The molecule has 0 saturated heterocycles. The van der Waals surface area contributed by atoms with Crippen LogP contribution in [0.15, 0.2) is 18.2 Å². The number of benzene rings is 1. The van der Waals surface area contributed by atoms with Crippen molar-refractivity contribution in [2.24, 2.45) is 0 Å². The number of hydrogen-bond acceptors (Lipinski definition) is 5. The highest BCUT2D eigenvalue weighted by molar-refractivity contribution is 6.17. The fourth-order valence-electron chi connectivity index (χ4n) is 1.54. The largest absolute Gasteiger partial charge is 0.497 e. The smallest absolute Gasteiger partial charge is 0.275 e. The van der Waals surface area contributed by atoms with Gasteiger partial charge in [-0.25, -0.2) is 0 Å². The standard InChI is InChI=1S/C11H14ClNO5/c1-18-7-2-3-9(13(16)17)8(6-7)11(15)10(14)4-5-12/h2-3,6,10-11,14-15H,4-5H2,1H3. The Morgan fingerprint density at radius 1 is 1.50 bits per heavy atom. The lowest BCUT2D eigenvalue weighted by atomic mass is 10.0. The summed E-state index contributed by atoms with van der Waals surface area (Å²) in [4.78, 5) is 10.2. The Morgan fingerprint density at radius 3 is 2.67 bits per heavy atom. The van der Waals surface area contributed by atoms with Gasteiger partial charge in [0.25, 0.3) is 5.69 Å². The number of alkyl halides is 1. The molecule has 7 heteroatoms. The van der Waals surface area contributed by atoms with E-state index < -0.39 is 17.1 Å². The van der Waals surface area contributed by atoms with Crippen LogP contribution in [0.2, 0.25) is 0 Å². The molecule has 0 aliphatic carbocycles. The van der Waals surface area contributed by atoms with E-state index in [2.05, 4.69) is 0 Å². The molecule has 0 saturated carbocycles. The molecule has 18 heavy (non-hydrogen) atoms. The summed E-state index contributed by atoms with van der Waals surface area (Å²) in [7, 11) is 1.41. The third-order valence-electron chi connectivity index (χ3n) is 2.52. The summed E-state index contributed by atoms with van der Waals surface area (Å²) >= 11 is 5.46. The maximum absolute atomic E-state index is 10.9. The van der Waals surface area contributed by atoms with E-state index in [1.54, 1.807) is 0 Å². The molecule has 2 atom stereocenters. The van der Waals surface area contributed by atoms with Crippen LogP contribution in [0.4, 0.5) is 5.69 Å². The number of aliphatic hydroxyl groups is 2. The van der Waals surface area contributed by atoms with Gasteiger partial charge in [-0.1, -0.05) is 0 Å². The molecular formula is C11H14ClNO5. The number of hydrogen-bond donors (Lipinski definition) is 2. The summed E-state index contributed by atoms with van der Waals surface area (Å²) in [6.45, 7) is 0. The highest BCUT2D eigenvalue weighted by Gasteiger charge is 2.26. The molecule has 0 aliphatic heterocycles. The van der Waals surface area contributed by atoms with Crippen molar-refractivity contribution in [1.82, 2.24) is 0 Å². The van der Waals surface area contributed by atoms with Gasteiger partial charge in [-0.15, -0.1) is 11.6 Å². The first-order valence-corrected chi connectivity index (χ1v) is 5.79. The first-order valence-electron chi connectivity index (χ1n) is 5.25. The highest BCUT2D eigenvalue weighted by Crippen LogP contribution is 2.31. The minimum atomic E-state index is -1.38. The van der Waals surface area contributed by atoms with Crippen LogP contribution in [-0.2, 0) is 0 Å². The van der Waals surface area contributed by atoms with Crippen LogP contribution in [0, 0.1) is 10.1 Å². The van der Waals surface area contributed by atoms with E-state index in [-0.39, 0.29) is 23.6 Å². The monoisotopic (exact) mass is 275 g/mol. The average Bonchev–Trinajstić information content (AvgIpc) is 2.37. The Balaban J connectivity index is 3.14. The SMILES string of the molecule is COc1ccc([N+](=O)[O-])c(C(O)C(O)CCCl)c1. The van der Waals surface area contributed by atoms with Crippen molar-refractivity contribution in [2.45, 2.75) is 18.6 Å². The van der Waals surface area contributed by atoms with Crippen LogP contribution >= 0.6 is 11.6 Å². The topological polar surface area (TPSA) is 92.8 Å². The highest BCUT2D eigenvalue weighted by atomic mass is 35.5. The number of ether oxygens (including phenoxy) is 1. The van der Waals surface area contributed by atoms with Crippen LogP contribution in [0.5, 0.6) is 5.75 Å². The fourth-order valence-corrected chi connectivity index (χ4v) is 1.76. The van der Waals surface area contributed by atoms with Gasteiger partial charge >= 0.3 is 0 Å². The predicted molar refractivity (Wildman–Crippen MR) is 66.0 cm³/mol. The van der Waals surface area contributed by atoms with E-state index in [0.717, 1.165) is 0 Å². The summed E-state index contributed by atoms with van der Waals surface area (Å²) in [5.41, 5.74) is -0.256. The average molecular weight is 276 g/mol. The van der Waals surface area contributed by atoms with E-state index in [9.17, 15) is 20.3 Å². The van der Waals surface area contributed by atoms with E-state index in [0.29, 0.717) is 5.75 Å². The predicted octanol–water partition coefficient (Wildman–Crippen LogP) is 1.63. The maximum Gasteiger partial charge on any atom is 0.275 e. The Kier molecular flexibility index (Phi) is 5.33. The Hall–Kier alpha value is -1.37. The second-order valence-electron chi connectivity index (χ2n) is 3.67. The van der Waals surface area contributed by atoms with E-state index in [1.165, 1.54) is 25.3 Å². The van der Waals surface area contributed by atoms with Crippen LogP contribution < -0.4 is 4.74 Å². The zero-order valence-electron chi connectivity index (χ0n) is 9.75. The van der Waals surface area contributed by atoms with Gasteiger partial charge in [0.1, 0.15) is 11.9 Å². The van der Waals surface area contributed by atoms with Gasteiger partial charge in [0.2, 0.25) is 0 Å². The summed E-state index contributed by atoms with van der Waals surface area (Å²) in [6.07, 6.45) is -2.40. The Bertz CT molecular complexity index is 426. The van der Waals surface area contributed by atoms with Gasteiger partial charge in [0.05, 0.1) is 23.7 Å². The van der Waals surface area contributed by atoms with Crippen LogP contribution in [-0.4, -0.2) is 34.2 Å². The van der Waals surface area contributed by atoms with Crippen molar-refractivity contribution in [3.05, 3.63) is 33.9 Å². The molecule has 100 valence electrons. The van der Waals surface area contributed by atoms with Crippen molar-refractivity contribution in [3.8, 4) is 5.75 Å². The molecule has 0 bridgehead atoms. The van der Waals surface area contributed by atoms with Gasteiger partial charge in [-0.2, -0.15) is 0 Å². The van der Waals surface area contributed by atoms with Crippen LogP contribution in [0.1, 0.15) is 18.1 Å². The molecule has 1 rings (SSSR count). The number of halogens is 1. The van der Waals surface area contributed by atoms with Crippen molar-refractivity contribution in [2.75, 3.05) is 13.0 Å². The van der Waals surface area contributed by atoms with Gasteiger partial charge in [-0.3, -0.25) is 10.1 Å².